The summed E-state index contributed by atoms with van der Waals surface area (Å²) >= 11 is 1.51. The number of sulfonamides is 1. The maximum absolute atomic E-state index is 12.6. The molecule has 2 aromatic rings. The van der Waals surface area contributed by atoms with E-state index in [4.69, 9.17) is 5.14 Å². The van der Waals surface area contributed by atoms with Crippen LogP contribution in [0.25, 0.3) is 0 Å². The van der Waals surface area contributed by atoms with Crippen molar-refractivity contribution in [3.63, 3.8) is 0 Å². The lowest BCUT2D eigenvalue weighted by Crippen LogP contribution is -2.31. The molecule has 28 heavy (non-hydrogen) atoms. The van der Waals surface area contributed by atoms with Gasteiger partial charge < -0.3 is 4.90 Å². The molecule has 0 aliphatic heterocycles. The molecule has 0 bridgehead atoms. The van der Waals surface area contributed by atoms with E-state index in [2.05, 4.69) is 32.9 Å². The molecule has 0 fully saturated rings. The van der Waals surface area contributed by atoms with Crippen LogP contribution < -0.4 is 5.14 Å². The number of hydrogen-bond acceptors (Lipinski definition) is 4. The van der Waals surface area contributed by atoms with Gasteiger partial charge in [-0.25, -0.2) is 13.6 Å². The van der Waals surface area contributed by atoms with Crippen LogP contribution in [0.5, 0.6) is 0 Å². The minimum atomic E-state index is -3.72. The van der Waals surface area contributed by atoms with Crippen molar-refractivity contribution < 1.29 is 13.2 Å². The van der Waals surface area contributed by atoms with E-state index in [1.165, 1.54) is 29.5 Å². The Morgan fingerprint density at radius 3 is 2.07 bits per heavy atom. The highest BCUT2D eigenvalue weighted by Gasteiger charge is 2.19. The molecule has 5 nitrogen and oxygen atoms in total. The number of primary sulfonamides is 1. The Morgan fingerprint density at radius 2 is 1.61 bits per heavy atom. The molecule has 152 valence electrons. The summed E-state index contributed by atoms with van der Waals surface area (Å²) in [4.78, 5) is 15.4. The first-order chi connectivity index (χ1) is 12.9. The molecule has 2 aromatic carbocycles. The Labute approximate surface area is 172 Å². The van der Waals surface area contributed by atoms with Crippen LogP contribution in [-0.2, 0) is 20.2 Å². The summed E-state index contributed by atoms with van der Waals surface area (Å²) < 4.78 is 22.7. The van der Waals surface area contributed by atoms with Gasteiger partial charge in [0.2, 0.25) is 15.9 Å². The van der Waals surface area contributed by atoms with Crippen LogP contribution in [-0.4, -0.2) is 32.0 Å². The summed E-state index contributed by atoms with van der Waals surface area (Å²) in [5.41, 5.74) is 2.22. The average molecular weight is 421 g/mol. The van der Waals surface area contributed by atoms with Gasteiger partial charge in [0.15, 0.2) is 0 Å². The molecule has 0 radical (unpaired) electrons. The van der Waals surface area contributed by atoms with E-state index in [1.807, 2.05) is 19.1 Å². The molecule has 1 atom stereocenters. The van der Waals surface area contributed by atoms with Crippen LogP contribution in [0.1, 0.15) is 44.9 Å². The van der Waals surface area contributed by atoms with Gasteiger partial charge in [0.05, 0.1) is 16.7 Å². The van der Waals surface area contributed by atoms with Gasteiger partial charge >= 0.3 is 0 Å². The van der Waals surface area contributed by atoms with E-state index in [0.29, 0.717) is 5.75 Å². The van der Waals surface area contributed by atoms with Crippen LogP contribution in [0.3, 0.4) is 0 Å². The highest BCUT2D eigenvalue weighted by Crippen LogP contribution is 2.27. The molecule has 0 saturated heterocycles. The molecule has 2 rings (SSSR count). The third-order valence-electron chi connectivity index (χ3n) is 4.75. The van der Waals surface area contributed by atoms with Crippen molar-refractivity contribution in [1.29, 1.82) is 0 Å². The number of hydrogen-bond donors (Lipinski definition) is 1. The quantitative estimate of drug-likeness (QED) is 0.718. The topological polar surface area (TPSA) is 80.5 Å². The number of rotatable bonds is 6. The van der Waals surface area contributed by atoms with Gasteiger partial charge in [0.1, 0.15) is 0 Å². The van der Waals surface area contributed by atoms with Gasteiger partial charge in [-0.1, -0.05) is 45.0 Å². The lowest BCUT2D eigenvalue weighted by atomic mass is 9.87. The second-order valence-electron chi connectivity index (χ2n) is 7.86. The SMILES string of the molecule is CC(c1ccc(S(N)(=O)=O)cc1)N(C)C(=O)CSc1ccc(C(C)(C)C)cc1. The van der Waals surface area contributed by atoms with Gasteiger partial charge in [-0.05, 0) is 47.7 Å². The molecule has 0 aliphatic carbocycles. The largest absolute Gasteiger partial charge is 0.338 e. The number of carbonyl (C=O) groups excluding carboxylic acids is 1. The van der Waals surface area contributed by atoms with E-state index >= 15 is 0 Å². The average Bonchev–Trinajstić information content (AvgIpc) is 2.64. The van der Waals surface area contributed by atoms with Crippen molar-refractivity contribution >= 4 is 27.7 Å². The fraction of sp³-hybridized carbons (Fsp3) is 0.381. The number of nitrogens with two attached hydrogens (primary N) is 1. The predicted molar refractivity (Wildman–Crippen MR) is 115 cm³/mol. The summed E-state index contributed by atoms with van der Waals surface area (Å²) in [6.07, 6.45) is 0. The fourth-order valence-electron chi connectivity index (χ4n) is 2.67. The Balaban J connectivity index is 1.98. The minimum Gasteiger partial charge on any atom is -0.338 e. The number of thioether (sulfide) groups is 1. The zero-order chi connectivity index (χ0) is 21.1. The van der Waals surface area contributed by atoms with Crippen molar-refractivity contribution in [3.8, 4) is 0 Å². The molecule has 0 spiro atoms. The highest BCUT2D eigenvalue weighted by molar-refractivity contribution is 8.00. The van der Waals surface area contributed by atoms with Gasteiger partial charge in [-0.2, -0.15) is 0 Å². The highest BCUT2D eigenvalue weighted by atomic mass is 32.2. The molecule has 1 amide bonds. The van der Waals surface area contributed by atoms with Crippen molar-refractivity contribution in [2.75, 3.05) is 12.8 Å². The maximum Gasteiger partial charge on any atom is 0.238 e. The molecule has 0 heterocycles. The zero-order valence-corrected chi connectivity index (χ0v) is 18.6. The number of carbonyl (C=O) groups is 1. The summed E-state index contributed by atoms with van der Waals surface area (Å²) in [6, 6.07) is 14.4. The van der Waals surface area contributed by atoms with Crippen molar-refractivity contribution in [3.05, 3.63) is 59.7 Å². The summed E-state index contributed by atoms with van der Waals surface area (Å²) in [7, 11) is -1.96. The van der Waals surface area contributed by atoms with E-state index < -0.39 is 10.0 Å². The molecule has 2 N–H and O–H groups in total. The van der Waals surface area contributed by atoms with Gasteiger partial charge in [0, 0.05) is 11.9 Å². The molecule has 1 unspecified atom stereocenters. The molecular weight excluding hydrogens is 392 g/mol. The standard InChI is InChI=1S/C21H28N2O3S2/c1-15(16-6-12-19(13-7-16)28(22,25)26)23(5)20(24)14-27-18-10-8-17(9-11-18)21(2,3)4/h6-13,15H,14H2,1-5H3,(H2,22,25,26). The first kappa shape index (κ1) is 22.5. The Bertz CT molecular complexity index is 916. The van der Waals surface area contributed by atoms with E-state index in [1.54, 1.807) is 24.1 Å². The molecule has 0 saturated carbocycles. The fourth-order valence-corrected chi connectivity index (χ4v) is 4.01. The van der Waals surface area contributed by atoms with Crippen LogP contribution in [0, 0.1) is 0 Å². The van der Waals surface area contributed by atoms with Crippen LogP contribution in [0.4, 0.5) is 0 Å². The first-order valence-electron chi connectivity index (χ1n) is 9.01. The second kappa shape index (κ2) is 8.68. The monoisotopic (exact) mass is 420 g/mol. The Morgan fingerprint density at radius 1 is 1.07 bits per heavy atom. The van der Waals surface area contributed by atoms with Gasteiger partial charge in [0.25, 0.3) is 0 Å². The number of nitrogens with zero attached hydrogens (tertiary/aromatic N) is 1. The third kappa shape index (κ3) is 5.83. The summed E-state index contributed by atoms with van der Waals surface area (Å²) in [5, 5.41) is 5.12. The smallest absolute Gasteiger partial charge is 0.238 e. The van der Waals surface area contributed by atoms with Gasteiger partial charge in [-0.3, -0.25) is 4.79 Å². The summed E-state index contributed by atoms with van der Waals surface area (Å²) in [6.45, 7) is 8.42. The number of benzene rings is 2. The zero-order valence-electron chi connectivity index (χ0n) is 17.0. The molecule has 0 aromatic heterocycles. The van der Waals surface area contributed by atoms with E-state index in [-0.39, 0.29) is 22.3 Å². The minimum absolute atomic E-state index is 0.00733. The van der Waals surface area contributed by atoms with Gasteiger partial charge in [-0.15, -0.1) is 11.8 Å². The lowest BCUT2D eigenvalue weighted by molar-refractivity contribution is -0.128. The molecular formula is C21H28N2O3S2. The first-order valence-corrected chi connectivity index (χ1v) is 11.5. The third-order valence-corrected chi connectivity index (χ3v) is 6.67. The van der Waals surface area contributed by atoms with E-state index in [0.717, 1.165) is 10.5 Å². The molecule has 0 aliphatic rings. The number of amides is 1. The second-order valence-corrected chi connectivity index (χ2v) is 10.5. The maximum atomic E-state index is 12.6. The van der Waals surface area contributed by atoms with Crippen LogP contribution >= 0.6 is 11.8 Å². The van der Waals surface area contributed by atoms with Crippen LogP contribution in [0.15, 0.2) is 58.3 Å². The van der Waals surface area contributed by atoms with Crippen molar-refractivity contribution in [1.82, 2.24) is 4.90 Å². The predicted octanol–water partition coefficient (Wildman–Crippen LogP) is 3.94. The lowest BCUT2D eigenvalue weighted by Gasteiger charge is -2.25. The Kier molecular flexibility index (Phi) is 6.96. The normalized spacial score (nSPS) is 13.2. The van der Waals surface area contributed by atoms with Crippen molar-refractivity contribution in [2.24, 2.45) is 5.14 Å². The summed E-state index contributed by atoms with van der Waals surface area (Å²) in [5.74, 6) is 0.346. The molecule has 7 heteroatoms. The van der Waals surface area contributed by atoms with E-state index in [9.17, 15) is 13.2 Å². The van der Waals surface area contributed by atoms with Crippen LogP contribution in [0.2, 0.25) is 0 Å². The van der Waals surface area contributed by atoms with Crippen molar-refractivity contribution in [2.45, 2.75) is 48.9 Å². The Hall–Kier alpha value is -1.83.